The van der Waals surface area contributed by atoms with Crippen molar-refractivity contribution in [2.75, 3.05) is 13.1 Å². The van der Waals surface area contributed by atoms with E-state index in [9.17, 15) is 9.90 Å². The maximum absolute atomic E-state index is 12.2. The molecule has 3 heteroatoms. The van der Waals surface area contributed by atoms with E-state index in [4.69, 9.17) is 0 Å². The van der Waals surface area contributed by atoms with Gasteiger partial charge in [0.2, 0.25) is 0 Å². The highest BCUT2D eigenvalue weighted by Gasteiger charge is 2.28. The molecule has 0 bridgehead atoms. The van der Waals surface area contributed by atoms with Crippen molar-refractivity contribution in [2.24, 2.45) is 5.92 Å². The van der Waals surface area contributed by atoms with Crippen LogP contribution in [0.4, 0.5) is 0 Å². The first kappa shape index (κ1) is 17.6. The molecule has 1 heterocycles. The van der Waals surface area contributed by atoms with Crippen LogP contribution < -0.4 is 0 Å². The summed E-state index contributed by atoms with van der Waals surface area (Å²) in [5.74, 6) is 1.08. The van der Waals surface area contributed by atoms with Gasteiger partial charge in [-0.3, -0.25) is 9.69 Å². The molecular weight excluding hydrogens is 298 g/mol. The molecule has 1 saturated carbocycles. The summed E-state index contributed by atoms with van der Waals surface area (Å²) in [6.07, 6.45) is 4.88. The Morgan fingerprint density at radius 2 is 2.12 bits per heavy atom. The molecule has 1 aliphatic heterocycles. The van der Waals surface area contributed by atoms with Crippen LogP contribution in [0.2, 0.25) is 0 Å². The molecule has 1 aromatic carbocycles. The summed E-state index contributed by atoms with van der Waals surface area (Å²) in [7, 11) is 0. The number of aliphatic hydroxyl groups is 1. The van der Waals surface area contributed by atoms with Gasteiger partial charge in [-0.15, -0.1) is 0 Å². The van der Waals surface area contributed by atoms with Crippen LogP contribution in [-0.4, -0.2) is 35.0 Å². The fourth-order valence-electron chi connectivity index (χ4n) is 4.11. The minimum absolute atomic E-state index is 0.122. The quantitative estimate of drug-likeness (QED) is 0.865. The lowest BCUT2D eigenvalue weighted by Crippen LogP contribution is -2.31. The Labute approximate surface area is 146 Å². The van der Waals surface area contributed by atoms with Gasteiger partial charge in [-0.25, -0.2) is 0 Å². The van der Waals surface area contributed by atoms with Crippen molar-refractivity contribution in [3.05, 3.63) is 34.9 Å². The number of fused-ring (bicyclic) bond motifs is 1. The van der Waals surface area contributed by atoms with Gasteiger partial charge < -0.3 is 5.11 Å². The van der Waals surface area contributed by atoms with E-state index in [1.165, 1.54) is 16.7 Å². The Balaban J connectivity index is 1.45. The highest BCUT2D eigenvalue weighted by Crippen LogP contribution is 2.28. The maximum atomic E-state index is 12.2. The molecule has 0 spiro atoms. The fourth-order valence-corrected chi connectivity index (χ4v) is 4.11. The highest BCUT2D eigenvalue weighted by molar-refractivity contribution is 5.81. The first-order chi connectivity index (χ1) is 11.5. The van der Waals surface area contributed by atoms with Crippen molar-refractivity contribution >= 4 is 5.78 Å². The molecule has 24 heavy (non-hydrogen) atoms. The normalized spacial score (nSPS) is 24.3. The molecule has 2 aliphatic rings. The van der Waals surface area contributed by atoms with Gasteiger partial charge in [-0.2, -0.15) is 0 Å². The fraction of sp³-hybridized carbons (Fsp3) is 0.667. The number of aliphatic hydroxyl groups excluding tert-OH is 1. The van der Waals surface area contributed by atoms with Crippen LogP contribution in [0.25, 0.3) is 0 Å². The van der Waals surface area contributed by atoms with E-state index in [1.54, 1.807) is 0 Å². The van der Waals surface area contributed by atoms with Gasteiger partial charge >= 0.3 is 0 Å². The Morgan fingerprint density at radius 1 is 1.29 bits per heavy atom. The lowest BCUT2D eigenvalue weighted by Gasteiger charge is -2.29. The number of benzene rings is 1. The van der Waals surface area contributed by atoms with Gasteiger partial charge in [-0.05, 0) is 61.3 Å². The number of hydrogen-bond acceptors (Lipinski definition) is 3. The number of nitrogens with zero attached hydrogens (tertiary/aromatic N) is 1. The second-order valence-corrected chi connectivity index (χ2v) is 7.94. The molecule has 1 N–H and O–H groups in total. The predicted molar refractivity (Wildman–Crippen MR) is 97.1 cm³/mol. The van der Waals surface area contributed by atoms with E-state index < -0.39 is 0 Å². The van der Waals surface area contributed by atoms with Crippen LogP contribution in [-0.2, 0) is 17.8 Å². The van der Waals surface area contributed by atoms with Gasteiger partial charge in [0.15, 0.2) is 0 Å². The molecule has 1 fully saturated rings. The average Bonchev–Trinajstić information content (AvgIpc) is 3.00. The Kier molecular flexibility index (Phi) is 5.72. The molecule has 3 rings (SSSR count). The smallest absolute Gasteiger partial charge is 0.136 e. The van der Waals surface area contributed by atoms with E-state index in [0.717, 1.165) is 45.3 Å². The summed E-state index contributed by atoms with van der Waals surface area (Å²) in [6, 6.07) is 6.94. The van der Waals surface area contributed by atoms with Gasteiger partial charge in [0.25, 0.3) is 0 Å². The van der Waals surface area contributed by atoms with Crippen LogP contribution >= 0.6 is 0 Å². The second kappa shape index (κ2) is 7.79. The first-order valence-corrected chi connectivity index (χ1v) is 9.57. The number of carbonyl (C=O) groups is 1. The molecule has 3 nitrogen and oxygen atoms in total. The monoisotopic (exact) mass is 329 g/mol. The van der Waals surface area contributed by atoms with Crippen LogP contribution in [0, 0.1) is 5.92 Å². The summed E-state index contributed by atoms with van der Waals surface area (Å²) in [5, 5.41) is 9.56. The van der Waals surface area contributed by atoms with E-state index >= 15 is 0 Å². The second-order valence-electron chi connectivity index (χ2n) is 7.94. The zero-order valence-electron chi connectivity index (χ0n) is 15.1. The lowest BCUT2D eigenvalue weighted by atomic mass is 9.93. The molecule has 1 aromatic rings. The predicted octanol–water partition coefficient (Wildman–Crippen LogP) is 3.68. The number of ketones is 1. The van der Waals surface area contributed by atoms with E-state index in [0.29, 0.717) is 24.5 Å². The van der Waals surface area contributed by atoms with Crippen molar-refractivity contribution < 1.29 is 9.90 Å². The molecular formula is C21H31NO2. The maximum Gasteiger partial charge on any atom is 0.136 e. The van der Waals surface area contributed by atoms with Crippen molar-refractivity contribution in [3.8, 4) is 0 Å². The zero-order chi connectivity index (χ0) is 17.1. The van der Waals surface area contributed by atoms with Crippen molar-refractivity contribution in [2.45, 2.75) is 70.9 Å². The molecule has 0 amide bonds. The molecule has 2 atom stereocenters. The Bertz CT molecular complexity index is 581. The minimum Gasteiger partial charge on any atom is -0.393 e. The number of carbonyl (C=O) groups excluding carboxylic acids is 1. The standard InChI is InChI=1S/C21H31NO2/c1-15(2)16-5-6-19-14-22(11-9-17(19)12-16)10-3-4-21(24)18-7-8-20(23)13-18/h5-6,12,15,18,20,23H,3-4,7-11,13-14H2,1-2H3. The minimum atomic E-state index is -0.242. The summed E-state index contributed by atoms with van der Waals surface area (Å²) in [4.78, 5) is 14.7. The molecule has 132 valence electrons. The van der Waals surface area contributed by atoms with Gasteiger partial charge in [0.05, 0.1) is 6.10 Å². The summed E-state index contributed by atoms with van der Waals surface area (Å²) >= 11 is 0. The molecule has 1 aliphatic carbocycles. The SMILES string of the molecule is CC(C)c1ccc2c(c1)CCN(CCCC(=O)C1CCC(O)C1)C2. The van der Waals surface area contributed by atoms with E-state index in [1.807, 2.05) is 0 Å². The van der Waals surface area contributed by atoms with Gasteiger partial charge in [0, 0.05) is 25.4 Å². The number of Topliss-reactive ketones (excluding diaryl/α,β-unsaturated/α-hetero) is 1. The van der Waals surface area contributed by atoms with Gasteiger partial charge in [0.1, 0.15) is 5.78 Å². The number of rotatable bonds is 6. The third-order valence-electron chi connectivity index (χ3n) is 5.75. The Morgan fingerprint density at radius 3 is 2.83 bits per heavy atom. The van der Waals surface area contributed by atoms with Crippen molar-refractivity contribution in [1.82, 2.24) is 4.90 Å². The first-order valence-electron chi connectivity index (χ1n) is 9.57. The molecule has 0 aromatic heterocycles. The Hall–Kier alpha value is -1.19. The molecule has 0 radical (unpaired) electrons. The summed E-state index contributed by atoms with van der Waals surface area (Å²) in [5.41, 5.74) is 4.40. The lowest BCUT2D eigenvalue weighted by molar-refractivity contribution is -0.123. The van der Waals surface area contributed by atoms with Gasteiger partial charge in [-0.1, -0.05) is 32.0 Å². The molecule has 0 saturated heterocycles. The largest absolute Gasteiger partial charge is 0.393 e. The third kappa shape index (κ3) is 4.25. The van der Waals surface area contributed by atoms with Crippen molar-refractivity contribution in [3.63, 3.8) is 0 Å². The van der Waals surface area contributed by atoms with Crippen LogP contribution in [0.1, 0.15) is 68.6 Å². The topological polar surface area (TPSA) is 40.5 Å². The molecule has 2 unspecified atom stereocenters. The number of hydrogen-bond donors (Lipinski definition) is 1. The van der Waals surface area contributed by atoms with Crippen molar-refractivity contribution in [1.29, 1.82) is 0 Å². The van der Waals surface area contributed by atoms with E-state index in [2.05, 4.69) is 36.9 Å². The average molecular weight is 329 g/mol. The van der Waals surface area contributed by atoms with Crippen LogP contribution in [0.5, 0.6) is 0 Å². The highest BCUT2D eigenvalue weighted by atomic mass is 16.3. The summed E-state index contributed by atoms with van der Waals surface area (Å²) < 4.78 is 0. The van der Waals surface area contributed by atoms with E-state index in [-0.39, 0.29) is 12.0 Å². The zero-order valence-corrected chi connectivity index (χ0v) is 15.1. The van der Waals surface area contributed by atoms with Crippen LogP contribution in [0.15, 0.2) is 18.2 Å². The third-order valence-corrected chi connectivity index (χ3v) is 5.75. The van der Waals surface area contributed by atoms with Crippen LogP contribution in [0.3, 0.4) is 0 Å². The summed E-state index contributed by atoms with van der Waals surface area (Å²) in [6.45, 7) is 7.62.